The Bertz CT molecular complexity index is 444. The SMILES string of the molecule is CCc1cc(-c2nc(N)ns2)n(C)n1. The summed E-state index contributed by atoms with van der Waals surface area (Å²) in [5, 5.41) is 5.15. The van der Waals surface area contributed by atoms with Gasteiger partial charge in [0.1, 0.15) is 0 Å². The van der Waals surface area contributed by atoms with Crippen molar-refractivity contribution in [2.45, 2.75) is 13.3 Å². The van der Waals surface area contributed by atoms with Gasteiger partial charge in [0.05, 0.1) is 11.4 Å². The number of rotatable bonds is 2. The maximum Gasteiger partial charge on any atom is 0.232 e. The molecule has 2 heterocycles. The first kappa shape index (κ1) is 9.14. The van der Waals surface area contributed by atoms with Crippen LogP contribution in [0.15, 0.2) is 6.07 Å². The molecule has 14 heavy (non-hydrogen) atoms. The van der Waals surface area contributed by atoms with Crippen molar-refractivity contribution in [2.75, 3.05) is 5.73 Å². The van der Waals surface area contributed by atoms with Crippen LogP contribution in [0.4, 0.5) is 5.95 Å². The van der Waals surface area contributed by atoms with Crippen LogP contribution < -0.4 is 5.73 Å². The molecule has 74 valence electrons. The Morgan fingerprint density at radius 1 is 1.57 bits per heavy atom. The summed E-state index contributed by atoms with van der Waals surface area (Å²) in [6.45, 7) is 2.07. The number of nitrogens with two attached hydrogens (primary N) is 1. The molecule has 6 heteroatoms. The van der Waals surface area contributed by atoms with Crippen molar-refractivity contribution in [2.24, 2.45) is 7.05 Å². The fourth-order valence-electron chi connectivity index (χ4n) is 1.24. The molecule has 0 amide bonds. The van der Waals surface area contributed by atoms with Crippen molar-refractivity contribution in [3.05, 3.63) is 11.8 Å². The van der Waals surface area contributed by atoms with Gasteiger partial charge in [0.15, 0.2) is 5.01 Å². The highest BCUT2D eigenvalue weighted by atomic mass is 32.1. The Morgan fingerprint density at radius 3 is 2.86 bits per heavy atom. The first-order valence-corrected chi connectivity index (χ1v) is 5.10. The molecule has 0 radical (unpaired) electrons. The van der Waals surface area contributed by atoms with Crippen LogP contribution in [0.25, 0.3) is 10.7 Å². The molecular weight excluding hydrogens is 198 g/mol. The molecule has 0 aliphatic rings. The predicted molar refractivity (Wildman–Crippen MR) is 55.9 cm³/mol. The minimum Gasteiger partial charge on any atom is -0.367 e. The summed E-state index contributed by atoms with van der Waals surface area (Å²) in [6.07, 6.45) is 0.919. The van der Waals surface area contributed by atoms with Crippen molar-refractivity contribution >= 4 is 17.5 Å². The van der Waals surface area contributed by atoms with Crippen LogP contribution in [0.5, 0.6) is 0 Å². The van der Waals surface area contributed by atoms with E-state index in [2.05, 4.69) is 21.4 Å². The first-order chi connectivity index (χ1) is 6.70. The summed E-state index contributed by atoms with van der Waals surface area (Å²) >= 11 is 1.29. The topological polar surface area (TPSA) is 69.6 Å². The number of aromatic nitrogens is 4. The molecule has 2 rings (SSSR count). The Morgan fingerprint density at radius 2 is 2.36 bits per heavy atom. The van der Waals surface area contributed by atoms with Crippen molar-refractivity contribution in [3.63, 3.8) is 0 Å². The molecule has 5 nitrogen and oxygen atoms in total. The second kappa shape index (κ2) is 3.38. The molecule has 2 N–H and O–H groups in total. The third-order valence-electron chi connectivity index (χ3n) is 1.95. The van der Waals surface area contributed by atoms with Crippen LogP contribution in [0.3, 0.4) is 0 Å². The second-order valence-electron chi connectivity index (χ2n) is 2.96. The zero-order valence-corrected chi connectivity index (χ0v) is 8.88. The van der Waals surface area contributed by atoms with Gasteiger partial charge in [0, 0.05) is 7.05 Å². The average molecular weight is 209 g/mol. The van der Waals surface area contributed by atoms with E-state index in [1.807, 2.05) is 13.1 Å². The Balaban J connectivity index is 2.45. The van der Waals surface area contributed by atoms with Gasteiger partial charge in [0.2, 0.25) is 5.95 Å². The summed E-state index contributed by atoms with van der Waals surface area (Å²) < 4.78 is 5.74. The number of nitrogen functional groups attached to an aromatic ring is 1. The van der Waals surface area contributed by atoms with Crippen LogP contribution in [0.2, 0.25) is 0 Å². The minimum absolute atomic E-state index is 0.323. The van der Waals surface area contributed by atoms with Gasteiger partial charge < -0.3 is 5.73 Å². The largest absolute Gasteiger partial charge is 0.367 e. The van der Waals surface area contributed by atoms with Gasteiger partial charge in [-0.15, -0.1) is 0 Å². The maximum atomic E-state index is 5.46. The van der Waals surface area contributed by atoms with Gasteiger partial charge in [-0.2, -0.15) is 14.5 Å². The highest BCUT2D eigenvalue weighted by Gasteiger charge is 2.10. The van der Waals surface area contributed by atoms with E-state index in [-0.39, 0.29) is 0 Å². The molecule has 0 aliphatic carbocycles. The minimum atomic E-state index is 0.323. The highest BCUT2D eigenvalue weighted by Crippen LogP contribution is 2.22. The fourth-order valence-corrected chi connectivity index (χ4v) is 1.88. The molecule has 0 bridgehead atoms. The standard InChI is InChI=1S/C8H11N5S/c1-3-5-4-6(13(2)11-5)7-10-8(9)12-14-7/h4H,3H2,1-2H3,(H2,9,12). The number of hydrogen-bond donors (Lipinski definition) is 1. The van der Waals surface area contributed by atoms with Crippen LogP contribution in [0, 0.1) is 0 Å². The van der Waals surface area contributed by atoms with Crippen LogP contribution >= 0.6 is 11.5 Å². The number of hydrogen-bond acceptors (Lipinski definition) is 5. The molecule has 0 saturated carbocycles. The molecule has 0 aromatic carbocycles. The van der Waals surface area contributed by atoms with Crippen LogP contribution in [-0.2, 0) is 13.5 Å². The van der Waals surface area contributed by atoms with Crippen molar-refractivity contribution in [3.8, 4) is 10.7 Å². The van der Waals surface area contributed by atoms with E-state index < -0.39 is 0 Å². The first-order valence-electron chi connectivity index (χ1n) is 4.33. The normalized spacial score (nSPS) is 10.7. The number of aryl methyl sites for hydroxylation is 2. The van der Waals surface area contributed by atoms with Gasteiger partial charge in [-0.05, 0) is 24.0 Å². The smallest absolute Gasteiger partial charge is 0.232 e. The average Bonchev–Trinajstić information content (AvgIpc) is 2.71. The fraction of sp³-hybridized carbons (Fsp3) is 0.375. The van der Waals surface area contributed by atoms with Crippen molar-refractivity contribution < 1.29 is 0 Å². The second-order valence-corrected chi connectivity index (χ2v) is 3.71. The van der Waals surface area contributed by atoms with Gasteiger partial charge in [-0.25, -0.2) is 0 Å². The van der Waals surface area contributed by atoms with Crippen molar-refractivity contribution in [1.29, 1.82) is 0 Å². The lowest BCUT2D eigenvalue weighted by Gasteiger charge is -1.93. The third-order valence-corrected chi connectivity index (χ3v) is 2.71. The molecule has 0 unspecified atom stereocenters. The highest BCUT2D eigenvalue weighted by molar-refractivity contribution is 7.09. The van der Waals surface area contributed by atoms with Gasteiger partial charge in [0.25, 0.3) is 0 Å². The summed E-state index contributed by atoms with van der Waals surface area (Å²) in [7, 11) is 1.89. The summed E-state index contributed by atoms with van der Waals surface area (Å²) in [5.41, 5.74) is 7.48. The quantitative estimate of drug-likeness (QED) is 0.803. The number of nitrogens with zero attached hydrogens (tertiary/aromatic N) is 4. The molecule has 0 saturated heterocycles. The molecule has 0 aliphatic heterocycles. The number of anilines is 1. The third kappa shape index (κ3) is 1.48. The van der Waals surface area contributed by atoms with Gasteiger partial charge in [-0.3, -0.25) is 4.68 Å². The molecular formula is C8H11N5S. The Hall–Kier alpha value is -1.43. The van der Waals surface area contributed by atoms with E-state index in [4.69, 9.17) is 5.73 Å². The predicted octanol–water partition coefficient (Wildman–Crippen LogP) is 1.08. The lowest BCUT2D eigenvalue weighted by atomic mass is 10.3. The Kier molecular flexibility index (Phi) is 2.20. The molecule has 2 aromatic rings. The van der Waals surface area contributed by atoms with E-state index in [0.717, 1.165) is 22.8 Å². The van der Waals surface area contributed by atoms with E-state index in [9.17, 15) is 0 Å². The van der Waals surface area contributed by atoms with Gasteiger partial charge in [-0.1, -0.05) is 6.92 Å². The lowest BCUT2D eigenvalue weighted by molar-refractivity contribution is 0.752. The van der Waals surface area contributed by atoms with E-state index in [0.29, 0.717) is 5.95 Å². The van der Waals surface area contributed by atoms with Crippen molar-refractivity contribution in [1.82, 2.24) is 19.1 Å². The van der Waals surface area contributed by atoms with Gasteiger partial charge >= 0.3 is 0 Å². The molecule has 2 aromatic heterocycles. The van der Waals surface area contributed by atoms with Crippen LogP contribution in [0.1, 0.15) is 12.6 Å². The zero-order chi connectivity index (χ0) is 10.1. The summed E-state index contributed by atoms with van der Waals surface area (Å²) in [6, 6.07) is 2.01. The maximum absolute atomic E-state index is 5.46. The molecule has 0 fully saturated rings. The molecule has 0 spiro atoms. The molecule has 0 atom stereocenters. The summed E-state index contributed by atoms with van der Waals surface area (Å²) in [4.78, 5) is 4.11. The van der Waals surface area contributed by atoms with E-state index >= 15 is 0 Å². The monoisotopic (exact) mass is 209 g/mol. The Labute approximate surface area is 85.8 Å². The van der Waals surface area contributed by atoms with E-state index in [1.165, 1.54) is 11.5 Å². The summed E-state index contributed by atoms with van der Waals surface area (Å²) in [5.74, 6) is 0.323. The van der Waals surface area contributed by atoms with Crippen LogP contribution in [-0.4, -0.2) is 19.1 Å². The van der Waals surface area contributed by atoms with E-state index in [1.54, 1.807) is 4.68 Å². The lowest BCUT2D eigenvalue weighted by Crippen LogP contribution is -1.94. The zero-order valence-electron chi connectivity index (χ0n) is 8.06.